The van der Waals surface area contributed by atoms with E-state index in [9.17, 15) is 14.4 Å². The largest absolute Gasteiger partial charge is 0.383 e. The molecule has 1 aromatic carbocycles. The van der Waals surface area contributed by atoms with Gasteiger partial charge in [-0.15, -0.1) is 11.3 Å². The van der Waals surface area contributed by atoms with Crippen molar-refractivity contribution < 1.29 is 23.9 Å². The summed E-state index contributed by atoms with van der Waals surface area (Å²) in [6.45, 7) is 2.74. The molecule has 2 aromatic rings. The molecule has 1 aliphatic heterocycles. The van der Waals surface area contributed by atoms with E-state index in [1.54, 1.807) is 41.7 Å². The lowest BCUT2D eigenvalue weighted by molar-refractivity contribution is -0.134. The first-order valence-corrected chi connectivity index (χ1v) is 10.9. The average Bonchev–Trinajstić information content (AvgIpc) is 3.23. The quantitative estimate of drug-likeness (QED) is 0.623. The van der Waals surface area contributed by atoms with Gasteiger partial charge < -0.3 is 24.6 Å². The molecule has 2 heterocycles. The van der Waals surface area contributed by atoms with Gasteiger partial charge in [0.2, 0.25) is 11.8 Å². The smallest absolute Gasteiger partial charge is 0.254 e. The van der Waals surface area contributed by atoms with Gasteiger partial charge in [-0.2, -0.15) is 0 Å². The van der Waals surface area contributed by atoms with Crippen LogP contribution in [0.15, 0.2) is 35.7 Å². The maximum atomic E-state index is 12.7. The van der Waals surface area contributed by atoms with Crippen molar-refractivity contribution in [3.8, 4) is 0 Å². The molecular formula is C21H26N4O5S. The summed E-state index contributed by atoms with van der Waals surface area (Å²) in [4.78, 5) is 45.1. The van der Waals surface area contributed by atoms with Crippen LogP contribution in [0.3, 0.4) is 0 Å². The number of rotatable bonds is 9. The van der Waals surface area contributed by atoms with Crippen molar-refractivity contribution in [1.29, 1.82) is 0 Å². The number of anilines is 1. The van der Waals surface area contributed by atoms with Crippen LogP contribution in [0.5, 0.6) is 0 Å². The van der Waals surface area contributed by atoms with E-state index in [2.05, 4.69) is 10.3 Å². The minimum absolute atomic E-state index is 0.00863. The van der Waals surface area contributed by atoms with Gasteiger partial charge in [0, 0.05) is 37.7 Å². The summed E-state index contributed by atoms with van der Waals surface area (Å²) < 4.78 is 10.3. The number of methoxy groups -OCH3 is 1. The predicted octanol–water partition coefficient (Wildman–Crippen LogP) is 1.27. The minimum atomic E-state index is -0.360. The molecule has 9 nitrogen and oxygen atoms in total. The number of carbonyl (C=O) groups is 3. The molecular weight excluding hydrogens is 420 g/mol. The number of carbonyl (C=O) groups excluding carboxylic acids is 3. The number of morpholine rings is 1. The van der Waals surface area contributed by atoms with Crippen molar-refractivity contribution in [3.63, 3.8) is 0 Å². The van der Waals surface area contributed by atoms with Crippen LogP contribution in [0, 0.1) is 0 Å². The minimum Gasteiger partial charge on any atom is -0.383 e. The molecule has 3 amide bonds. The SMILES string of the molecule is COCCN(CC(=O)Nc1nc(CC(=O)N2CCOCC2)cs1)C(=O)c1ccccc1. The number of hydrogen-bond acceptors (Lipinski definition) is 7. The van der Waals surface area contributed by atoms with Crippen LogP contribution < -0.4 is 5.32 Å². The Labute approximate surface area is 185 Å². The summed E-state index contributed by atoms with van der Waals surface area (Å²) in [5.41, 5.74) is 1.11. The molecule has 1 aliphatic rings. The van der Waals surface area contributed by atoms with E-state index in [4.69, 9.17) is 9.47 Å². The average molecular weight is 447 g/mol. The molecule has 3 rings (SSSR count). The first kappa shape index (κ1) is 22.9. The molecule has 0 radical (unpaired) electrons. The topological polar surface area (TPSA) is 101 Å². The number of hydrogen-bond donors (Lipinski definition) is 1. The number of ether oxygens (including phenoxy) is 2. The molecule has 1 N–H and O–H groups in total. The summed E-state index contributed by atoms with van der Waals surface area (Å²) in [6.07, 6.45) is 0.179. The molecule has 31 heavy (non-hydrogen) atoms. The molecule has 10 heteroatoms. The van der Waals surface area contributed by atoms with Crippen LogP contribution in [-0.2, 0) is 25.5 Å². The van der Waals surface area contributed by atoms with Gasteiger partial charge in [0.1, 0.15) is 6.54 Å². The highest BCUT2D eigenvalue weighted by atomic mass is 32.1. The van der Waals surface area contributed by atoms with Crippen molar-refractivity contribution >= 4 is 34.2 Å². The van der Waals surface area contributed by atoms with Crippen molar-refractivity contribution in [1.82, 2.24) is 14.8 Å². The third-order valence-corrected chi connectivity index (χ3v) is 5.51. The molecule has 0 atom stereocenters. The van der Waals surface area contributed by atoms with E-state index in [-0.39, 0.29) is 37.2 Å². The van der Waals surface area contributed by atoms with Crippen molar-refractivity contribution in [2.75, 3.05) is 58.4 Å². The van der Waals surface area contributed by atoms with Crippen molar-refractivity contribution in [2.45, 2.75) is 6.42 Å². The molecule has 166 valence electrons. The van der Waals surface area contributed by atoms with Crippen LogP contribution in [0.2, 0.25) is 0 Å². The van der Waals surface area contributed by atoms with Gasteiger partial charge in [-0.1, -0.05) is 18.2 Å². The highest BCUT2D eigenvalue weighted by molar-refractivity contribution is 7.13. The lowest BCUT2D eigenvalue weighted by Gasteiger charge is -2.26. The van der Waals surface area contributed by atoms with E-state index in [1.807, 2.05) is 6.07 Å². The maximum Gasteiger partial charge on any atom is 0.254 e. The summed E-state index contributed by atoms with van der Waals surface area (Å²) >= 11 is 1.25. The van der Waals surface area contributed by atoms with Gasteiger partial charge in [0.05, 0.1) is 31.9 Å². The summed E-state index contributed by atoms with van der Waals surface area (Å²) in [5, 5.41) is 4.87. The number of thiazole rings is 1. The third kappa shape index (κ3) is 6.84. The Bertz CT molecular complexity index is 883. The first-order chi connectivity index (χ1) is 15.1. The standard InChI is InChI=1S/C21H26N4O5S/c1-29-10-7-25(20(28)16-5-3-2-4-6-16)14-18(26)23-21-22-17(15-31-21)13-19(27)24-8-11-30-12-9-24/h2-6,15H,7-14H2,1H3,(H,22,23,26). The first-order valence-electron chi connectivity index (χ1n) is 10.00. The normalized spacial score (nSPS) is 13.6. The van der Waals surface area contributed by atoms with E-state index < -0.39 is 0 Å². The lowest BCUT2D eigenvalue weighted by atomic mass is 10.2. The lowest BCUT2D eigenvalue weighted by Crippen LogP contribution is -2.41. The Morgan fingerprint density at radius 3 is 2.68 bits per heavy atom. The van der Waals surface area contributed by atoms with Crippen LogP contribution in [-0.4, -0.2) is 85.6 Å². The van der Waals surface area contributed by atoms with Gasteiger partial charge in [0.15, 0.2) is 5.13 Å². The van der Waals surface area contributed by atoms with E-state index in [0.717, 1.165) is 0 Å². The summed E-state index contributed by atoms with van der Waals surface area (Å²) in [6, 6.07) is 8.79. The van der Waals surface area contributed by atoms with Crippen LogP contribution in [0.4, 0.5) is 5.13 Å². The van der Waals surface area contributed by atoms with Crippen LogP contribution in [0.1, 0.15) is 16.1 Å². The fraction of sp³-hybridized carbons (Fsp3) is 0.429. The molecule has 0 saturated carbocycles. The third-order valence-electron chi connectivity index (χ3n) is 4.70. The Morgan fingerprint density at radius 1 is 1.23 bits per heavy atom. The zero-order valence-electron chi connectivity index (χ0n) is 17.4. The highest BCUT2D eigenvalue weighted by Gasteiger charge is 2.21. The second-order valence-electron chi connectivity index (χ2n) is 6.95. The molecule has 0 aliphatic carbocycles. The monoisotopic (exact) mass is 446 g/mol. The molecule has 1 fully saturated rings. The highest BCUT2D eigenvalue weighted by Crippen LogP contribution is 2.17. The maximum absolute atomic E-state index is 12.7. The van der Waals surface area contributed by atoms with E-state index in [0.29, 0.717) is 49.3 Å². The predicted molar refractivity (Wildman–Crippen MR) is 116 cm³/mol. The van der Waals surface area contributed by atoms with Crippen LogP contribution >= 0.6 is 11.3 Å². The molecule has 0 spiro atoms. The van der Waals surface area contributed by atoms with E-state index in [1.165, 1.54) is 16.2 Å². The molecule has 0 bridgehead atoms. The number of aromatic nitrogens is 1. The van der Waals surface area contributed by atoms with Gasteiger partial charge >= 0.3 is 0 Å². The molecule has 0 unspecified atom stereocenters. The second kappa shape index (κ2) is 11.5. The summed E-state index contributed by atoms with van der Waals surface area (Å²) in [5.74, 6) is -0.616. The number of nitrogens with zero attached hydrogens (tertiary/aromatic N) is 3. The number of amides is 3. The fourth-order valence-electron chi connectivity index (χ4n) is 3.07. The van der Waals surface area contributed by atoms with Crippen LogP contribution in [0.25, 0.3) is 0 Å². The number of benzene rings is 1. The fourth-order valence-corrected chi connectivity index (χ4v) is 3.80. The number of nitrogens with one attached hydrogen (secondary N) is 1. The Balaban J connectivity index is 1.55. The van der Waals surface area contributed by atoms with Gasteiger partial charge in [-0.05, 0) is 12.1 Å². The zero-order valence-corrected chi connectivity index (χ0v) is 18.2. The van der Waals surface area contributed by atoms with Gasteiger partial charge in [-0.25, -0.2) is 4.98 Å². The molecule has 1 aromatic heterocycles. The van der Waals surface area contributed by atoms with Gasteiger partial charge in [0.25, 0.3) is 5.91 Å². The Hall–Kier alpha value is -2.82. The van der Waals surface area contributed by atoms with Gasteiger partial charge in [-0.3, -0.25) is 14.4 Å². The van der Waals surface area contributed by atoms with Crippen molar-refractivity contribution in [3.05, 3.63) is 47.0 Å². The zero-order chi connectivity index (χ0) is 22.1. The molecule has 1 saturated heterocycles. The summed E-state index contributed by atoms with van der Waals surface area (Å²) in [7, 11) is 1.54. The Kier molecular flexibility index (Phi) is 8.51. The van der Waals surface area contributed by atoms with Crippen molar-refractivity contribution in [2.24, 2.45) is 0 Å². The Morgan fingerprint density at radius 2 is 1.97 bits per heavy atom. The second-order valence-corrected chi connectivity index (χ2v) is 7.81. The van der Waals surface area contributed by atoms with E-state index >= 15 is 0 Å².